The summed E-state index contributed by atoms with van der Waals surface area (Å²) in [5.74, 6) is 0. The number of rotatable bonds is 6. The molecule has 0 aliphatic carbocycles. The van der Waals surface area contributed by atoms with Crippen molar-refractivity contribution in [1.29, 1.82) is 0 Å². The van der Waals surface area contributed by atoms with Crippen LogP contribution in [0, 0.1) is 0 Å². The van der Waals surface area contributed by atoms with Crippen LogP contribution in [0.5, 0.6) is 0 Å². The maximum atomic E-state index is 5.24. The summed E-state index contributed by atoms with van der Waals surface area (Å²) in [5, 5.41) is 16.9. The second-order valence-corrected chi connectivity index (χ2v) is 20.6. The molecular weight excluding hydrogens is 931 g/mol. The third-order valence-electron chi connectivity index (χ3n) is 16.1. The Balaban J connectivity index is 0.645. The van der Waals surface area contributed by atoms with Crippen LogP contribution in [-0.4, -0.2) is 14.5 Å². The van der Waals surface area contributed by atoms with Gasteiger partial charge in [0.15, 0.2) is 0 Å². The number of benzene rings is 14. The second kappa shape index (κ2) is 17.2. The van der Waals surface area contributed by atoms with E-state index in [0.29, 0.717) is 0 Å². The van der Waals surface area contributed by atoms with E-state index in [1.165, 1.54) is 126 Å². The molecule has 2 heterocycles. The molecule has 0 spiro atoms. The first kappa shape index (κ1) is 43.2. The molecule has 2 aromatic heterocycles. The first-order valence-electron chi connectivity index (χ1n) is 26.4. The number of para-hydroxylation sites is 2. The number of hydrogen-bond acceptors (Lipinski definition) is 2. The minimum atomic E-state index is 0.873. The lowest BCUT2D eigenvalue weighted by Crippen LogP contribution is -1.93. The Bertz CT molecular complexity index is 5070. The Morgan fingerprint density at radius 3 is 1.04 bits per heavy atom. The highest BCUT2D eigenvalue weighted by Crippen LogP contribution is 2.39. The smallest absolute Gasteiger partial charge is 0.0979 e. The molecule has 0 fully saturated rings. The van der Waals surface area contributed by atoms with Crippen molar-refractivity contribution in [2.75, 3.05) is 0 Å². The molecule has 0 aliphatic rings. The zero-order valence-corrected chi connectivity index (χ0v) is 41.8. The molecule has 0 atom stereocenters. The van der Waals surface area contributed by atoms with E-state index >= 15 is 0 Å². The Hall–Kier alpha value is -10.2. The number of hydrogen-bond donors (Lipinski definition) is 0. The molecule has 0 N–H and O–H groups in total. The van der Waals surface area contributed by atoms with Gasteiger partial charge < -0.3 is 4.57 Å². The SMILES string of the molecule is c1ccc(-n2c3ccccc3c3ccc(-c4ccc5cc(-c6ccc7cc(-c8ccc9cc(-c%10ccc%11cc(-c%12cnc%13c%14ccccc%14c%14ccccc%14c%13n%12)ccc%11c%10)ccc9c8)ccc7c6)ccc5c4)cc32)cc1. The monoisotopic (exact) mass is 975 g/mol. The van der Waals surface area contributed by atoms with E-state index in [2.05, 4.69) is 271 Å². The van der Waals surface area contributed by atoms with Crippen molar-refractivity contribution in [1.82, 2.24) is 14.5 Å². The van der Waals surface area contributed by atoms with E-state index in [1.807, 2.05) is 6.20 Å². The summed E-state index contributed by atoms with van der Waals surface area (Å²) in [4.78, 5) is 10.3. The number of fused-ring (bicyclic) bond motifs is 13. The normalized spacial score (nSPS) is 11.9. The summed E-state index contributed by atoms with van der Waals surface area (Å²) in [6, 6.07) is 97.8. The van der Waals surface area contributed by atoms with Crippen LogP contribution in [0.1, 0.15) is 0 Å². The van der Waals surface area contributed by atoms with E-state index in [9.17, 15) is 0 Å². The number of aromatic nitrogens is 3. The van der Waals surface area contributed by atoms with Crippen molar-refractivity contribution < 1.29 is 0 Å². The lowest BCUT2D eigenvalue weighted by molar-refractivity contribution is 1.18. The summed E-state index contributed by atoms with van der Waals surface area (Å²) in [6.07, 6.45) is 1.92. The van der Waals surface area contributed by atoms with Gasteiger partial charge in [-0.1, -0.05) is 194 Å². The molecule has 77 heavy (non-hydrogen) atoms. The van der Waals surface area contributed by atoms with Gasteiger partial charge in [-0.15, -0.1) is 0 Å². The van der Waals surface area contributed by atoms with Gasteiger partial charge in [-0.3, -0.25) is 4.98 Å². The summed E-state index contributed by atoms with van der Waals surface area (Å²) >= 11 is 0. The van der Waals surface area contributed by atoms with Crippen molar-refractivity contribution in [3.63, 3.8) is 0 Å². The van der Waals surface area contributed by atoms with E-state index < -0.39 is 0 Å². The predicted molar refractivity (Wildman–Crippen MR) is 326 cm³/mol. The van der Waals surface area contributed by atoms with E-state index in [-0.39, 0.29) is 0 Å². The molecule has 0 saturated carbocycles. The molecule has 0 saturated heterocycles. The van der Waals surface area contributed by atoms with Crippen LogP contribution in [0.3, 0.4) is 0 Å². The number of nitrogens with zero attached hydrogens (tertiary/aromatic N) is 3. The summed E-state index contributed by atoms with van der Waals surface area (Å²) in [5.41, 5.74) is 17.1. The molecule has 0 amide bonds. The van der Waals surface area contributed by atoms with Gasteiger partial charge in [-0.25, -0.2) is 4.98 Å². The Morgan fingerprint density at radius 1 is 0.234 bits per heavy atom. The fourth-order valence-corrected chi connectivity index (χ4v) is 12.2. The lowest BCUT2D eigenvalue weighted by atomic mass is 9.94. The molecule has 356 valence electrons. The lowest BCUT2D eigenvalue weighted by Gasteiger charge is -2.11. The molecule has 3 nitrogen and oxygen atoms in total. The van der Waals surface area contributed by atoms with Crippen molar-refractivity contribution in [2.24, 2.45) is 0 Å². The topological polar surface area (TPSA) is 30.7 Å². The van der Waals surface area contributed by atoms with Crippen LogP contribution < -0.4 is 0 Å². The van der Waals surface area contributed by atoms with Gasteiger partial charge in [0.05, 0.1) is 34.0 Å². The Morgan fingerprint density at radius 2 is 0.571 bits per heavy atom. The molecule has 14 aromatic carbocycles. The maximum Gasteiger partial charge on any atom is 0.0979 e. The first-order chi connectivity index (χ1) is 38.1. The van der Waals surface area contributed by atoms with E-state index in [1.54, 1.807) is 0 Å². The highest BCUT2D eigenvalue weighted by atomic mass is 15.0. The average Bonchev–Trinajstić information content (AvgIpc) is 3.92. The van der Waals surface area contributed by atoms with Gasteiger partial charge in [-0.2, -0.15) is 0 Å². The second-order valence-electron chi connectivity index (χ2n) is 20.6. The highest BCUT2D eigenvalue weighted by molar-refractivity contribution is 6.23. The fourth-order valence-electron chi connectivity index (χ4n) is 12.2. The zero-order chi connectivity index (χ0) is 50.6. The van der Waals surface area contributed by atoms with Crippen LogP contribution in [0.15, 0.2) is 273 Å². The van der Waals surface area contributed by atoms with Crippen molar-refractivity contribution >= 4 is 97.5 Å². The summed E-state index contributed by atoms with van der Waals surface area (Å²) in [6.45, 7) is 0. The highest BCUT2D eigenvalue weighted by Gasteiger charge is 2.16. The molecule has 0 radical (unpaired) electrons. The van der Waals surface area contributed by atoms with Crippen molar-refractivity contribution in [3.05, 3.63) is 273 Å². The minimum absolute atomic E-state index is 0.873. The summed E-state index contributed by atoms with van der Waals surface area (Å²) in [7, 11) is 0. The van der Waals surface area contributed by atoms with Gasteiger partial charge >= 0.3 is 0 Å². The standard InChI is InChI=1S/C74H45N3/c1-2-10-63(11-3-1)77-71-17-9-8-14-66(71)67-35-34-61(44-72(67)77)59-30-28-55-40-53(26-27-57(55)42-59)51-22-20-47-36-46(18-19-49(47)38-51)48-21-23-52-39-54(25-24-50(52)37-48)56-29-31-60-43-62(33-32-58(60)41-56)70-45-75-73-68-15-6-4-12-64(68)65-13-5-7-16-69(65)74(73)76-70/h1-45H. The molecule has 0 unspecified atom stereocenters. The van der Waals surface area contributed by atoms with E-state index in [0.717, 1.165) is 33.1 Å². The zero-order valence-electron chi connectivity index (χ0n) is 41.8. The maximum absolute atomic E-state index is 5.24. The molecule has 16 rings (SSSR count). The Labute approximate surface area is 444 Å². The molecule has 16 aromatic rings. The molecule has 0 bridgehead atoms. The van der Waals surface area contributed by atoms with Crippen molar-refractivity contribution in [3.8, 4) is 61.5 Å². The predicted octanol–water partition coefficient (Wildman–Crippen LogP) is 20.0. The quantitative estimate of drug-likeness (QED) is 0.155. The van der Waals surface area contributed by atoms with Gasteiger partial charge in [0.25, 0.3) is 0 Å². The molecular formula is C74H45N3. The largest absolute Gasteiger partial charge is 0.309 e. The third kappa shape index (κ3) is 7.20. The Kier molecular flexibility index (Phi) is 9.64. The minimum Gasteiger partial charge on any atom is -0.309 e. The molecule has 0 aliphatic heterocycles. The average molecular weight is 976 g/mol. The summed E-state index contributed by atoms with van der Waals surface area (Å²) < 4.78 is 2.39. The van der Waals surface area contributed by atoms with Crippen LogP contribution >= 0.6 is 0 Å². The third-order valence-corrected chi connectivity index (χ3v) is 16.1. The van der Waals surface area contributed by atoms with Crippen LogP contribution in [0.25, 0.3) is 159 Å². The fraction of sp³-hybridized carbons (Fsp3) is 0. The van der Waals surface area contributed by atoms with Gasteiger partial charge in [0, 0.05) is 32.8 Å². The first-order valence-corrected chi connectivity index (χ1v) is 26.4. The van der Waals surface area contributed by atoms with Crippen molar-refractivity contribution in [2.45, 2.75) is 0 Å². The molecule has 3 heteroatoms. The van der Waals surface area contributed by atoms with Crippen LogP contribution in [0.4, 0.5) is 0 Å². The van der Waals surface area contributed by atoms with E-state index in [4.69, 9.17) is 9.97 Å². The van der Waals surface area contributed by atoms with Crippen LogP contribution in [-0.2, 0) is 0 Å². The van der Waals surface area contributed by atoms with Crippen LogP contribution in [0.2, 0.25) is 0 Å². The van der Waals surface area contributed by atoms with Gasteiger partial charge in [0.2, 0.25) is 0 Å². The van der Waals surface area contributed by atoms with Gasteiger partial charge in [0.1, 0.15) is 0 Å². The van der Waals surface area contributed by atoms with Gasteiger partial charge in [-0.05, 0) is 171 Å².